The highest BCUT2D eigenvalue weighted by Gasteiger charge is 2.08. The Morgan fingerprint density at radius 1 is 1.33 bits per heavy atom. The number of rotatable bonds is 5. The number of nitrogens with one attached hydrogen (secondary N) is 1. The number of aromatic nitrogens is 1. The Kier molecular flexibility index (Phi) is 4.70. The van der Waals surface area contributed by atoms with E-state index in [1.807, 2.05) is 0 Å². The highest BCUT2D eigenvalue weighted by Crippen LogP contribution is 2.20. The fraction of sp³-hybridized carbons (Fsp3) is 0.143. The number of pyridine rings is 1. The van der Waals surface area contributed by atoms with Gasteiger partial charge in [-0.2, -0.15) is 0 Å². The minimum Gasteiger partial charge on any atom is -0.369 e. The molecule has 1 amide bonds. The molecule has 0 saturated carbocycles. The van der Waals surface area contributed by atoms with Crippen molar-refractivity contribution in [1.29, 1.82) is 0 Å². The topological polar surface area (TPSA) is 68.0 Å². The van der Waals surface area contributed by atoms with Crippen molar-refractivity contribution in [3.8, 4) is 0 Å². The second-order valence-electron chi connectivity index (χ2n) is 4.33. The molecule has 0 aliphatic carbocycles. The molecule has 1 aromatic heterocycles. The molecule has 110 valence electrons. The van der Waals surface area contributed by atoms with Gasteiger partial charge in [-0.1, -0.05) is 17.7 Å². The van der Waals surface area contributed by atoms with Gasteiger partial charge in [-0.15, -0.1) is 0 Å². The van der Waals surface area contributed by atoms with Crippen molar-refractivity contribution in [1.82, 2.24) is 4.98 Å². The molecule has 0 bridgehead atoms. The van der Waals surface area contributed by atoms with Crippen LogP contribution in [0.1, 0.15) is 15.9 Å². The second kappa shape index (κ2) is 6.49. The Bertz CT molecular complexity index is 679. The second-order valence-corrected chi connectivity index (χ2v) is 4.74. The number of carbonyl (C=O) groups is 1. The van der Waals surface area contributed by atoms with Crippen molar-refractivity contribution in [2.75, 3.05) is 11.9 Å². The van der Waals surface area contributed by atoms with Crippen LogP contribution in [0.3, 0.4) is 0 Å². The maximum Gasteiger partial charge on any atom is 0.250 e. The maximum absolute atomic E-state index is 13.4. The van der Waals surface area contributed by atoms with Crippen molar-refractivity contribution in [2.45, 2.75) is 6.42 Å². The first-order valence-corrected chi connectivity index (χ1v) is 6.48. The van der Waals surface area contributed by atoms with Crippen LogP contribution in [-0.2, 0) is 6.42 Å². The summed E-state index contributed by atoms with van der Waals surface area (Å²) in [5, 5.41) is 3.16. The maximum atomic E-state index is 13.4. The Balaban J connectivity index is 1.99. The lowest BCUT2D eigenvalue weighted by molar-refractivity contribution is 0.1000. The first-order chi connectivity index (χ1) is 9.97. The van der Waals surface area contributed by atoms with E-state index < -0.39 is 17.5 Å². The number of nitrogens with zero attached hydrogens (tertiary/aromatic N) is 1. The number of carbonyl (C=O) groups excluding carboxylic acids is 1. The fourth-order valence-electron chi connectivity index (χ4n) is 1.74. The molecule has 0 fully saturated rings. The van der Waals surface area contributed by atoms with Gasteiger partial charge in [-0.05, 0) is 24.1 Å². The van der Waals surface area contributed by atoms with E-state index >= 15 is 0 Å². The van der Waals surface area contributed by atoms with Crippen molar-refractivity contribution < 1.29 is 13.6 Å². The third-order valence-corrected chi connectivity index (χ3v) is 3.12. The fourth-order valence-corrected chi connectivity index (χ4v) is 1.98. The number of nitrogens with two attached hydrogens (primary N) is 1. The number of hydrogen-bond acceptors (Lipinski definition) is 3. The van der Waals surface area contributed by atoms with Gasteiger partial charge in [0, 0.05) is 18.8 Å². The van der Waals surface area contributed by atoms with Crippen LogP contribution >= 0.6 is 11.6 Å². The van der Waals surface area contributed by atoms with Gasteiger partial charge in [0.1, 0.15) is 17.5 Å². The number of anilines is 1. The summed E-state index contributed by atoms with van der Waals surface area (Å²) in [7, 11) is 0. The molecule has 0 unspecified atom stereocenters. The van der Waals surface area contributed by atoms with E-state index in [1.165, 1.54) is 24.4 Å². The quantitative estimate of drug-likeness (QED) is 0.892. The van der Waals surface area contributed by atoms with Gasteiger partial charge in [-0.25, -0.2) is 13.8 Å². The molecule has 4 nitrogen and oxygen atoms in total. The van der Waals surface area contributed by atoms with E-state index in [1.54, 1.807) is 0 Å². The van der Waals surface area contributed by atoms with Crippen LogP contribution in [0.15, 0.2) is 30.5 Å². The minimum absolute atomic E-state index is 0.204. The molecule has 1 heterocycles. The van der Waals surface area contributed by atoms with Crippen LogP contribution in [0.5, 0.6) is 0 Å². The van der Waals surface area contributed by atoms with E-state index in [4.69, 9.17) is 17.3 Å². The Morgan fingerprint density at radius 3 is 2.71 bits per heavy atom. The van der Waals surface area contributed by atoms with Crippen LogP contribution in [-0.4, -0.2) is 17.4 Å². The Labute approximate surface area is 124 Å². The van der Waals surface area contributed by atoms with Gasteiger partial charge in [-0.3, -0.25) is 4.79 Å². The third kappa shape index (κ3) is 3.88. The van der Waals surface area contributed by atoms with Crippen molar-refractivity contribution in [2.24, 2.45) is 5.73 Å². The van der Waals surface area contributed by atoms with Gasteiger partial charge in [0.25, 0.3) is 0 Å². The molecule has 0 saturated heterocycles. The molecule has 2 rings (SSSR count). The number of benzene rings is 1. The number of amides is 1. The van der Waals surface area contributed by atoms with Crippen LogP contribution in [0.4, 0.5) is 14.6 Å². The van der Waals surface area contributed by atoms with Crippen molar-refractivity contribution in [3.05, 3.63) is 58.2 Å². The summed E-state index contributed by atoms with van der Waals surface area (Å²) in [6.07, 6.45) is 1.64. The summed E-state index contributed by atoms with van der Waals surface area (Å²) >= 11 is 5.95. The lowest BCUT2D eigenvalue weighted by Crippen LogP contribution is -2.13. The molecular weight excluding hydrogens is 300 g/mol. The van der Waals surface area contributed by atoms with Crippen LogP contribution in [0, 0.1) is 11.6 Å². The lowest BCUT2D eigenvalue weighted by Gasteiger charge is -2.08. The molecule has 0 aliphatic rings. The van der Waals surface area contributed by atoms with Crippen molar-refractivity contribution in [3.63, 3.8) is 0 Å². The highest BCUT2D eigenvalue weighted by molar-refractivity contribution is 6.33. The molecule has 0 atom stereocenters. The summed E-state index contributed by atoms with van der Waals surface area (Å²) in [5.74, 6) is -1.47. The number of hydrogen-bond donors (Lipinski definition) is 2. The van der Waals surface area contributed by atoms with E-state index in [2.05, 4.69) is 10.3 Å². The van der Waals surface area contributed by atoms with E-state index in [0.29, 0.717) is 24.3 Å². The summed E-state index contributed by atoms with van der Waals surface area (Å²) in [6.45, 7) is 0.352. The largest absolute Gasteiger partial charge is 0.369 e. The number of primary amides is 1. The molecule has 21 heavy (non-hydrogen) atoms. The first-order valence-electron chi connectivity index (χ1n) is 6.10. The predicted octanol–water partition coefficient (Wildman–Crippen LogP) is 2.77. The SMILES string of the molecule is NC(=O)c1cnc(NCCc2ccc(F)cc2F)c(Cl)c1. The van der Waals surface area contributed by atoms with Gasteiger partial charge in [0.15, 0.2) is 0 Å². The minimum atomic E-state index is -0.621. The lowest BCUT2D eigenvalue weighted by atomic mass is 10.1. The van der Waals surface area contributed by atoms with Crippen LogP contribution < -0.4 is 11.1 Å². The normalized spacial score (nSPS) is 10.4. The molecule has 0 aliphatic heterocycles. The molecule has 0 radical (unpaired) electrons. The van der Waals surface area contributed by atoms with Gasteiger partial charge in [0.05, 0.1) is 10.6 Å². The molecular formula is C14H12ClF2N3O. The summed E-state index contributed by atoms with van der Waals surface area (Å²) < 4.78 is 26.2. The molecule has 2 aromatic rings. The summed E-state index contributed by atoms with van der Waals surface area (Å²) in [4.78, 5) is 14.9. The summed E-state index contributed by atoms with van der Waals surface area (Å²) in [6, 6.07) is 4.82. The van der Waals surface area contributed by atoms with Gasteiger partial charge in [0.2, 0.25) is 5.91 Å². The smallest absolute Gasteiger partial charge is 0.250 e. The van der Waals surface area contributed by atoms with Crippen LogP contribution in [0.25, 0.3) is 0 Å². The zero-order valence-electron chi connectivity index (χ0n) is 10.9. The molecule has 3 N–H and O–H groups in total. The molecule has 1 aromatic carbocycles. The molecule has 0 spiro atoms. The van der Waals surface area contributed by atoms with E-state index in [-0.39, 0.29) is 10.6 Å². The first kappa shape index (κ1) is 15.2. The molecule has 7 heteroatoms. The number of halogens is 3. The monoisotopic (exact) mass is 311 g/mol. The van der Waals surface area contributed by atoms with Gasteiger partial charge >= 0.3 is 0 Å². The van der Waals surface area contributed by atoms with Crippen LogP contribution in [0.2, 0.25) is 5.02 Å². The third-order valence-electron chi connectivity index (χ3n) is 2.83. The average molecular weight is 312 g/mol. The standard InChI is InChI=1S/C14H12ClF2N3O/c15-11-5-9(13(18)21)7-20-14(11)19-4-3-8-1-2-10(16)6-12(8)17/h1-2,5-7H,3-4H2,(H2,18,21)(H,19,20). The zero-order valence-corrected chi connectivity index (χ0v) is 11.6. The summed E-state index contributed by atoms with van der Waals surface area (Å²) in [5.41, 5.74) is 5.69. The predicted molar refractivity (Wildman–Crippen MR) is 76.3 cm³/mol. The zero-order chi connectivity index (χ0) is 15.4. The van der Waals surface area contributed by atoms with E-state index in [9.17, 15) is 13.6 Å². The average Bonchev–Trinajstić information content (AvgIpc) is 2.42. The van der Waals surface area contributed by atoms with Crippen molar-refractivity contribution >= 4 is 23.3 Å². The highest BCUT2D eigenvalue weighted by atomic mass is 35.5. The van der Waals surface area contributed by atoms with E-state index in [0.717, 1.165) is 6.07 Å². The van der Waals surface area contributed by atoms with Gasteiger partial charge < -0.3 is 11.1 Å². The Hall–Kier alpha value is -2.21. The Morgan fingerprint density at radius 2 is 2.10 bits per heavy atom.